The summed E-state index contributed by atoms with van der Waals surface area (Å²) in [4.78, 5) is 15.7. The number of hydrogen-bond acceptors (Lipinski definition) is 4. The summed E-state index contributed by atoms with van der Waals surface area (Å²) in [5.41, 5.74) is 8.01. The van der Waals surface area contributed by atoms with Crippen molar-refractivity contribution in [3.8, 4) is 5.75 Å². The molecule has 1 fully saturated rings. The molecular formula is C14H21N3O2. The molecule has 1 saturated heterocycles. The molecule has 0 aromatic heterocycles. The predicted octanol–water partition coefficient (Wildman–Crippen LogP) is 0.993. The quantitative estimate of drug-likeness (QED) is 0.883. The molecule has 5 nitrogen and oxygen atoms in total. The number of methoxy groups -OCH3 is 1. The maximum absolute atomic E-state index is 11.8. The zero-order chi connectivity index (χ0) is 14.0. The first-order valence-electron chi connectivity index (χ1n) is 6.46. The maximum atomic E-state index is 11.8. The highest BCUT2D eigenvalue weighted by Crippen LogP contribution is 2.34. The van der Waals surface area contributed by atoms with Gasteiger partial charge in [-0.3, -0.25) is 4.79 Å². The molecule has 0 bridgehead atoms. The van der Waals surface area contributed by atoms with Crippen molar-refractivity contribution in [3.63, 3.8) is 0 Å². The SMILES string of the molecule is COc1cccc(N2CCN(C)C(=O)C2)c1[C@H](C)N. The molecule has 0 saturated carbocycles. The van der Waals surface area contributed by atoms with E-state index in [0.29, 0.717) is 6.54 Å². The third-order valence-corrected chi connectivity index (χ3v) is 3.52. The van der Waals surface area contributed by atoms with Crippen LogP contribution in [0.2, 0.25) is 0 Å². The van der Waals surface area contributed by atoms with Crippen LogP contribution in [0.4, 0.5) is 5.69 Å². The molecule has 19 heavy (non-hydrogen) atoms. The second kappa shape index (κ2) is 5.48. The number of carbonyl (C=O) groups excluding carboxylic acids is 1. The van der Waals surface area contributed by atoms with Crippen LogP contribution in [0, 0.1) is 0 Å². The minimum Gasteiger partial charge on any atom is -0.496 e. The lowest BCUT2D eigenvalue weighted by atomic mass is 10.0. The monoisotopic (exact) mass is 263 g/mol. The molecule has 1 aromatic rings. The van der Waals surface area contributed by atoms with Gasteiger partial charge in [0.15, 0.2) is 0 Å². The summed E-state index contributed by atoms with van der Waals surface area (Å²) in [6, 6.07) is 5.70. The topological polar surface area (TPSA) is 58.8 Å². The van der Waals surface area contributed by atoms with Gasteiger partial charge < -0.3 is 20.3 Å². The van der Waals surface area contributed by atoms with Crippen LogP contribution in [0.25, 0.3) is 0 Å². The number of likely N-dealkylation sites (N-methyl/N-ethyl adjacent to an activating group) is 1. The predicted molar refractivity (Wildman–Crippen MR) is 75.4 cm³/mol. The summed E-state index contributed by atoms with van der Waals surface area (Å²) in [6.07, 6.45) is 0. The van der Waals surface area contributed by atoms with Crippen LogP contribution in [0.15, 0.2) is 18.2 Å². The Morgan fingerprint density at radius 3 is 2.68 bits per heavy atom. The first-order valence-corrected chi connectivity index (χ1v) is 6.46. The molecule has 0 aliphatic carbocycles. The number of anilines is 1. The molecule has 1 heterocycles. The van der Waals surface area contributed by atoms with Crippen molar-refractivity contribution in [1.29, 1.82) is 0 Å². The second-order valence-corrected chi connectivity index (χ2v) is 4.92. The third-order valence-electron chi connectivity index (χ3n) is 3.52. The average molecular weight is 263 g/mol. The molecule has 2 N–H and O–H groups in total. The Morgan fingerprint density at radius 2 is 2.11 bits per heavy atom. The third kappa shape index (κ3) is 2.66. The van der Waals surface area contributed by atoms with Gasteiger partial charge in [-0.25, -0.2) is 0 Å². The summed E-state index contributed by atoms with van der Waals surface area (Å²) < 4.78 is 5.38. The Labute approximate surface area is 113 Å². The van der Waals surface area contributed by atoms with Gasteiger partial charge in [0, 0.05) is 37.4 Å². The number of amides is 1. The largest absolute Gasteiger partial charge is 0.496 e. The smallest absolute Gasteiger partial charge is 0.241 e. The molecule has 2 rings (SSSR count). The first kappa shape index (κ1) is 13.7. The summed E-state index contributed by atoms with van der Waals surface area (Å²) in [6.45, 7) is 3.87. The van der Waals surface area contributed by atoms with E-state index in [0.717, 1.165) is 30.1 Å². The molecular weight excluding hydrogens is 242 g/mol. The van der Waals surface area contributed by atoms with Gasteiger partial charge in [-0.2, -0.15) is 0 Å². The standard InChI is InChI=1S/C14H21N3O2/c1-10(15)14-11(5-4-6-12(14)19-3)17-8-7-16(2)13(18)9-17/h4-6,10H,7-9,15H2,1-3H3/t10-/m0/s1. The van der Waals surface area contributed by atoms with E-state index in [1.807, 2.05) is 32.2 Å². The van der Waals surface area contributed by atoms with Gasteiger partial charge in [0.1, 0.15) is 5.75 Å². The number of piperazine rings is 1. The van der Waals surface area contributed by atoms with Crippen molar-refractivity contribution in [1.82, 2.24) is 4.90 Å². The van der Waals surface area contributed by atoms with Crippen molar-refractivity contribution in [3.05, 3.63) is 23.8 Å². The highest BCUT2D eigenvalue weighted by molar-refractivity contribution is 5.83. The minimum atomic E-state index is -0.138. The van der Waals surface area contributed by atoms with E-state index in [4.69, 9.17) is 10.5 Å². The number of nitrogens with zero attached hydrogens (tertiary/aromatic N) is 2. The van der Waals surface area contributed by atoms with E-state index in [1.54, 1.807) is 12.0 Å². The summed E-state index contributed by atoms with van der Waals surface area (Å²) in [7, 11) is 3.47. The molecule has 0 unspecified atom stereocenters. The molecule has 1 amide bonds. The van der Waals surface area contributed by atoms with E-state index in [9.17, 15) is 4.79 Å². The molecule has 1 aliphatic rings. The molecule has 5 heteroatoms. The molecule has 0 radical (unpaired) electrons. The van der Waals surface area contributed by atoms with Crippen LogP contribution in [0.1, 0.15) is 18.5 Å². The maximum Gasteiger partial charge on any atom is 0.241 e. The lowest BCUT2D eigenvalue weighted by molar-refractivity contribution is -0.129. The van der Waals surface area contributed by atoms with Crippen LogP contribution in [-0.4, -0.2) is 44.6 Å². The van der Waals surface area contributed by atoms with Crippen molar-refractivity contribution >= 4 is 11.6 Å². The number of rotatable bonds is 3. The Morgan fingerprint density at radius 1 is 1.37 bits per heavy atom. The van der Waals surface area contributed by atoms with Crippen molar-refractivity contribution in [2.45, 2.75) is 13.0 Å². The lowest BCUT2D eigenvalue weighted by Gasteiger charge is -2.35. The zero-order valence-corrected chi connectivity index (χ0v) is 11.7. The second-order valence-electron chi connectivity index (χ2n) is 4.92. The highest BCUT2D eigenvalue weighted by atomic mass is 16.5. The minimum absolute atomic E-state index is 0.129. The van der Waals surface area contributed by atoms with Gasteiger partial charge in [0.25, 0.3) is 0 Å². The van der Waals surface area contributed by atoms with Crippen LogP contribution in [-0.2, 0) is 4.79 Å². The van der Waals surface area contributed by atoms with Gasteiger partial charge in [0.05, 0.1) is 13.7 Å². The molecule has 1 aliphatic heterocycles. The first-order chi connectivity index (χ1) is 9.04. The summed E-state index contributed by atoms with van der Waals surface area (Å²) in [5.74, 6) is 0.906. The Kier molecular flexibility index (Phi) is 3.95. The number of hydrogen-bond donors (Lipinski definition) is 1. The zero-order valence-electron chi connectivity index (χ0n) is 11.7. The van der Waals surface area contributed by atoms with Gasteiger partial charge in [0.2, 0.25) is 5.91 Å². The molecule has 0 spiro atoms. The molecule has 1 atom stereocenters. The Bertz CT molecular complexity index is 474. The van der Waals surface area contributed by atoms with E-state index in [1.165, 1.54) is 0 Å². The number of carbonyl (C=O) groups is 1. The van der Waals surface area contributed by atoms with Crippen LogP contribution >= 0.6 is 0 Å². The fourth-order valence-corrected chi connectivity index (χ4v) is 2.41. The van der Waals surface area contributed by atoms with Crippen LogP contribution in [0.3, 0.4) is 0 Å². The fraction of sp³-hybridized carbons (Fsp3) is 0.500. The highest BCUT2D eigenvalue weighted by Gasteiger charge is 2.25. The summed E-state index contributed by atoms with van der Waals surface area (Å²) in [5, 5.41) is 0. The normalized spacial score (nSPS) is 17.6. The van der Waals surface area contributed by atoms with E-state index in [-0.39, 0.29) is 11.9 Å². The van der Waals surface area contributed by atoms with E-state index >= 15 is 0 Å². The van der Waals surface area contributed by atoms with Crippen LogP contribution < -0.4 is 15.4 Å². The Balaban J connectivity index is 2.36. The van der Waals surface area contributed by atoms with E-state index < -0.39 is 0 Å². The van der Waals surface area contributed by atoms with Crippen molar-refractivity contribution < 1.29 is 9.53 Å². The van der Waals surface area contributed by atoms with Gasteiger partial charge in [-0.1, -0.05) is 6.07 Å². The van der Waals surface area contributed by atoms with Crippen LogP contribution in [0.5, 0.6) is 5.75 Å². The molecule has 1 aromatic carbocycles. The number of benzene rings is 1. The van der Waals surface area contributed by atoms with E-state index in [2.05, 4.69) is 4.90 Å². The average Bonchev–Trinajstić information content (AvgIpc) is 2.40. The summed E-state index contributed by atoms with van der Waals surface area (Å²) >= 11 is 0. The number of nitrogens with two attached hydrogens (primary N) is 1. The van der Waals surface area contributed by atoms with Gasteiger partial charge >= 0.3 is 0 Å². The Hall–Kier alpha value is -1.75. The lowest BCUT2D eigenvalue weighted by Crippen LogP contribution is -2.49. The van der Waals surface area contributed by atoms with Crippen molar-refractivity contribution in [2.75, 3.05) is 38.7 Å². The van der Waals surface area contributed by atoms with Crippen molar-refractivity contribution in [2.24, 2.45) is 5.73 Å². The van der Waals surface area contributed by atoms with Gasteiger partial charge in [-0.15, -0.1) is 0 Å². The van der Waals surface area contributed by atoms with Gasteiger partial charge in [-0.05, 0) is 19.1 Å². The number of ether oxygens (including phenoxy) is 1. The fourth-order valence-electron chi connectivity index (χ4n) is 2.41. The molecule has 104 valence electrons.